The smallest absolute Gasteiger partial charge is 0.216 e. The fraction of sp³-hybridized carbons (Fsp3) is 0.552. The molecule has 1 unspecified atom stereocenters. The molecule has 1 saturated heterocycles. The number of nitrogens with zero attached hydrogens (tertiary/aromatic N) is 2. The summed E-state index contributed by atoms with van der Waals surface area (Å²) in [4.78, 5) is 15.7. The van der Waals surface area contributed by atoms with Crippen LogP contribution in [0.5, 0.6) is 0 Å². The molecule has 0 aromatic heterocycles. The van der Waals surface area contributed by atoms with Gasteiger partial charge in [0.25, 0.3) is 0 Å². The highest BCUT2D eigenvalue weighted by molar-refractivity contribution is 5.86. The maximum absolute atomic E-state index is 14.4. The minimum absolute atomic E-state index is 0.0948. The first-order valence-electron chi connectivity index (χ1n) is 12.7. The van der Waals surface area contributed by atoms with Gasteiger partial charge >= 0.3 is 0 Å². The molecule has 4 heteroatoms. The summed E-state index contributed by atoms with van der Waals surface area (Å²) in [6.45, 7) is 4.47. The molecular formula is C29H40N2O2. The lowest BCUT2D eigenvalue weighted by atomic mass is 9.78. The predicted octanol–water partition coefficient (Wildman–Crippen LogP) is 4.05. The number of aryl methyl sites for hydroxylation is 1. The van der Waals surface area contributed by atoms with Crippen molar-refractivity contribution in [2.75, 3.05) is 33.7 Å². The fourth-order valence-electron chi connectivity index (χ4n) is 5.99. The molecular weight excluding hydrogens is 408 g/mol. The number of hydrogen-bond acceptors (Lipinski definition) is 2. The maximum atomic E-state index is 14.4. The second kappa shape index (κ2) is 9.99. The molecule has 1 aliphatic carbocycles. The Labute approximate surface area is 199 Å². The Kier molecular flexibility index (Phi) is 7.25. The summed E-state index contributed by atoms with van der Waals surface area (Å²) in [5, 5.41) is 14.4. The Morgan fingerprint density at radius 2 is 1.67 bits per heavy atom. The highest BCUT2D eigenvalue weighted by Gasteiger charge is 2.42. The van der Waals surface area contributed by atoms with Gasteiger partial charge in [-0.05, 0) is 29.6 Å². The van der Waals surface area contributed by atoms with Crippen LogP contribution in [-0.4, -0.2) is 55.1 Å². The SMILES string of the molecule is Cc1cccc(C([O-])(C(=O)N2CCC([N+](C)(C)CCc3ccccc3)CC2)C2CCCC2)c1. The Hall–Kier alpha value is -2.17. The zero-order valence-corrected chi connectivity index (χ0v) is 20.6. The molecule has 1 atom stereocenters. The fourth-order valence-corrected chi connectivity index (χ4v) is 5.99. The topological polar surface area (TPSA) is 43.4 Å². The van der Waals surface area contributed by atoms with Crippen LogP contribution in [-0.2, 0) is 16.8 Å². The van der Waals surface area contributed by atoms with Crippen molar-refractivity contribution in [2.45, 2.75) is 63.5 Å². The van der Waals surface area contributed by atoms with Crippen LogP contribution in [0, 0.1) is 12.8 Å². The van der Waals surface area contributed by atoms with Crippen molar-refractivity contribution in [3.05, 3.63) is 71.3 Å². The van der Waals surface area contributed by atoms with Gasteiger partial charge in [-0.15, -0.1) is 0 Å². The molecule has 2 aliphatic rings. The first-order valence-corrected chi connectivity index (χ1v) is 12.7. The number of rotatable bonds is 7. The number of carbonyl (C=O) groups excluding carboxylic acids is 1. The lowest BCUT2D eigenvalue weighted by Crippen LogP contribution is -2.62. The van der Waals surface area contributed by atoms with Crippen molar-refractivity contribution in [1.82, 2.24) is 4.90 Å². The minimum Gasteiger partial charge on any atom is -0.839 e. The number of quaternary nitrogens is 1. The summed E-state index contributed by atoms with van der Waals surface area (Å²) in [5.74, 6) is -0.282. The van der Waals surface area contributed by atoms with E-state index in [1.165, 1.54) is 5.56 Å². The molecule has 1 amide bonds. The second-order valence-electron chi connectivity index (χ2n) is 10.8. The number of benzene rings is 2. The van der Waals surface area contributed by atoms with Crippen molar-refractivity contribution < 1.29 is 14.4 Å². The summed E-state index contributed by atoms with van der Waals surface area (Å²) in [6, 6.07) is 18.9. The molecule has 0 N–H and O–H groups in total. The Balaban J connectivity index is 1.43. The van der Waals surface area contributed by atoms with E-state index in [9.17, 15) is 9.90 Å². The van der Waals surface area contributed by atoms with Gasteiger partial charge in [0.2, 0.25) is 5.91 Å². The number of carbonyl (C=O) groups is 1. The van der Waals surface area contributed by atoms with E-state index in [1.54, 1.807) is 0 Å². The van der Waals surface area contributed by atoms with Crippen molar-refractivity contribution in [1.29, 1.82) is 0 Å². The van der Waals surface area contributed by atoms with Gasteiger partial charge in [0.1, 0.15) is 0 Å². The molecule has 1 aliphatic heterocycles. The van der Waals surface area contributed by atoms with Gasteiger partial charge in [0.15, 0.2) is 0 Å². The van der Waals surface area contributed by atoms with Gasteiger partial charge in [0.05, 0.1) is 26.7 Å². The zero-order chi connectivity index (χ0) is 23.5. The van der Waals surface area contributed by atoms with Crippen LogP contribution in [0.4, 0.5) is 0 Å². The molecule has 178 valence electrons. The van der Waals surface area contributed by atoms with Gasteiger partial charge < -0.3 is 14.5 Å². The third kappa shape index (κ3) is 5.17. The molecule has 0 radical (unpaired) electrons. The molecule has 4 nitrogen and oxygen atoms in total. The standard InChI is InChI=1S/C29H40N2O2/c1-23-10-9-15-26(22-23)29(33,25-13-7-8-14-25)28(32)30-19-16-27(17-20-30)31(2,3)21-18-24-11-5-4-6-12-24/h4-6,9-12,15,22,25,27H,7-8,13-14,16-21H2,1-3H3. The van der Waals surface area contributed by atoms with Crippen molar-refractivity contribution >= 4 is 5.91 Å². The summed E-state index contributed by atoms with van der Waals surface area (Å²) in [6.07, 6.45) is 6.83. The van der Waals surface area contributed by atoms with Crippen LogP contribution in [0.15, 0.2) is 54.6 Å². The average molecular weight is 449 g/mol. The Bertz CT molecular complexity index is 928. The quantitative estimate of drug-likeness (QED) is 0.600. The average Bonchev–Trinajstić information content (AvgIpc) is 3.38. The molecule has 1 saturated carbocycles. The van der Waals surface area contributed by atoms with Crippen LogP contribution in [0.1, 0.15) is 55.2 Å². The van der Waals surface area contributed by atoms with Gasteiger partial charge in [-0.1, -0.05) is 85.8 Å². The molecule has 33 heavy (non-hydrogen) atoms. The minimum atomic E-state index is -1.65. The highest BCUT2D eigenvalue weighted by atomic mass is 16.3. The van der Waals surface area contributed by atoms with E-state index in [4.69, 9.17) is 0 Å². The summed E-state index contributed by atoms with van der Waals surface area (Å²) in [7, 11) is 4.63. The number of amides is 1. The molecule has 2 aromatic rings. The summed E-state index contributed by atoms with van der Waals surface area (Å²) in [5.41, 5.74) is 1.45. The molecule has 4 rings (SSSR count). The second-order valence-corrected chi connectivity index (χ2v) is 10.8. The molecule has 1 heterocycles. The number of likely N-dealkylation sites (N-methyl/N-ethyl adjacent to an activating group) is 1. The van der Waals surface area contributed by atoms with E-state index in [2.05, 4.69) is 44.4 Å². The lowest BCUT2D eigenvalue weighted by Gasteiger charge is -2.50. The summed E-state index contributed by atoms with van der Waals surface area (Å²) < 4.78 is 0.958. The zero-order valence-electron chi connectivity index (χ0n) is 20.6. The van der Waals surface area contributed by atoms with Crippen molar-refractivity contribution in [2.24, 2.45) is 5.92 Å². The van der Waals surface area contributed by atoms with Gasteiger partial charge in [-0.3, -0.25) is 4.79 Å². The van der Waals surface area contributed by atoms with E-state index in [0.29, 0.717) is 24.7 Å². The first-order chi connectivity index (χ1) is 15.8. The van der Waals surface area contributed by atoms with Gasteiger partial charge in [-0.25, -0.2) is 0 Å². The monoisotopic (exact) mass is 448 g/mol. The van der Waals surface area contributed by atoms with Crippen LogP contribution in [0.2, 0.25) is 0 Å². The predicted molar refractivity (Wildman–Crippen MR) is 132 cm³/mol. The maximum Gasteiger partial charge on any atom is 0.216 e. The number of likely N-dealkylation sites (tertiary alicyclic amines) is 1. The lowest BCUT2D eigenvalue weighted by molar-refractivity contribution is -0.916. The molecule has 2 fully saturated rings. The van der Waals surface area contributed by atoms with E-state index in [0.717, 1.165) is 61.5 Å². The van der Waals surface area contributed by atoms with Gasteiger partial charge in [0, 0.05) is 32.4 Å². The van der Waals surface area contributed by atoms with Crippen LogP contribution >= 0.6 is 0 Å². The molecule has 0 spiro atoms. The molecule has 2 aromatic carbocycles. The van der Waals surface area contributed by atoms with E-state index in [1.807, 2.05) is 36.1 Å². The van der Waals surface area contributed by atoms with E-state index in [-0.39, 0.29) is 11.8 Å². The van der Waals surface area contributed by atoms with Crippen molar-refractivity contribution in [3.63, 3.8) is 0 Å². The van der Waals surface area contributed by atoms with Gasteiger partial charge in [-0.2, -0.15) is 0 Å². The van der Waals surface area contributed by atoms with Crippen LogP contribution in [0.3, 0.4) is 0 Å². The Morgan fingerprint density at radius 1 is 1.00 bits per heavy atom. The van der Waals surface area contributed by atoms with E-state index < -0.39 is 5.60 Å². The number of hydrogen-bond donors (Lipinski definition) is 0. The van der Waals surface area contributed by atoms with E-state index >= 15 is 0 Å². The normalized spacial score (nSPS) is 20.1. The first kappa shape index (κ1) is 24.0. The third-order valence-corrected chi connectivity index (χ3v) is 8.25. The third-order valence-electron chi connectivity index (χ3n) is 8.25. The Morgan fingerprint density at radius 3 is 2.30 bits per heavy atom. The van der Waals surface area contributed by atoms with Crippen LogP contribution < -0.4 is 5.11 Å². The number of piperidine rings is 1. The highest BCUT2D eigenvalue weighted by Crippen LogP contribution is 2.40. The summed E-state index contributed by atoms with van der Waals surface area (Å²) >= 11 is 0. The molecule has 0 bridgehead atoms. The largest absolute Gasteiger partial charge is 0.839 e. The van der Waals surface area contributed by atoms with Crippen LogP contribution in [0.25, 0.3) is 0 Å². The van der Waals surface area contributed by atoms with Crippen molar-refractivity contribution in [3.8, 4) is 0 Å².